The van der Waals surface area contributed by atoms with E-state index in [2.05, 4.69) is 26.1 Å². The van der Waals surface area contributed by atoms with Crippen molar-refractivity contribution in [2.45, 2.75) is 46.1 Å². The summed E-state index contributed by atoms with van der Waals surface area (Å²) in [5.41, 5.74) is 0. The number of hydrogen-bond acceptors (Lipinski definition) is 4. The van der Waals surface area contributed by atoms with Crippen LogP contribution in [0.5, 0.6) is 0 Å². The van der Waals surface area contributed by atoms with Gasteiger partial charge in [0.25, 0.3) is 0 Å². The third-order valence-electron chi connectivity index (χ3n) is 2.96. The van der Waals surface area contributed by atoms with E-state index in [0.717, 1.165) is 19.1 Å². The highest BCUT2D eigenvalue weighted by Gasteiger charge is 2.01. The zero-order valence-electron chi connectivity index (χ0n) is 13.2. The molecule has 0 saturated carbocycles. The molecule has 19 heavy (non-hydrogen) atoms. The van der Waals surface area contributed by atoms with E-state index in [1.54, 1.807) is 7.11 Å². The summed E-state index contributed by atoms with van der Waals surface area (Å²) in [6, 6.07) is 0.584. The molecular weight excluding hydrogens is 242 g/mol. The van der Waals surface area contributed by atoms with Crippen LogP contribution in [0.3, 0.4) is 0 Å². The lowest BCUT2D eigenvalue weighted by atomic mass is 10.0. The van der Waals surface area contributed by atoms with Crippen molar-refractivity contribution in [3.05, 3.63) is 0 Å². The van der Waals surface area contributed by atoms with Gasteiger partial charge in [-0.3, -0.25) is 0 Å². The highest BCUT2D eigenvalue weighted by molar-refractivity contribution is 4.61. The Labute approximate surface area is 119 Å². The van der Waals surface area contributed by atoms with Crippen LogP contribution in [0.4, 0.5) is 0 Å². The van der Waals surface area contributed by atoms with E-state index in [0.29, 0.717) is 32.5 Å². The van der Waals surface area contributed by atoms with Crippen LogP contribution in [0.1, 0.15) is 40.0 Å². The van der Waals surface area contributed by atoms with Gasteiger partial charge in [0.1, 0.15) is 0 Å². The molecule has 0 aliphatic heterocycles. The molecule has 4 nitrogen and oxygen atoms in total. The summed E-state index contributed by atoms with van der Waals surface area (Å²) in [6.07, 6.45) is 3.87. The van der Waals surface area contributed by atoms with E-state index in [9.17, 15) is 0 Å². The maximum atomic E-state index is 5.48. The van der Waals surface area contributed by atoms with Crippen LogP contribution in [0, 0.1) is 5.92 Å². The third kappa shape index (κ3) is 15.8. The fraction of sp³-hybridized carbons (Fsp3) is 1.00. The lowest BCUT2D eigenvalue weighted by Crippen LogP contribution is -2.29. The summed E-state index contributed by atoms with van der Waals surface area (Å²) in [7, 11) is 1.67. The standard InChI is InChI=1S/C15H33NO3/c1-14(2)6-5-7-15(3)16-8-9-18-12-13-19-11-10-17-4/h14-16H,5-13H2,1-4H3. The first-order valence-corrected chi connectivity index (χ1v) is 7.54. The lowest BCUT2D eigenvalue weighted by molar-refractivity contribution is 0.0252. The largest absolute Gasteiger partial charge is 0.382 e. The molecule has 0 rings (SSSR count). The second-order valence-corrected chi connectivity index (χ2v) is 5.40. The Morgan fingerprint density at radius 3 is 2.11 bits per heavy atom. The Bertz CT molecular complexity index is 177. The Morgan fingerprint density at radius 2 is 1.47 bits per heavy atom. The van der Waals surface area contributed by atoms with Crippen molar-refractivity contribution in [1.29, 1.82) is 0 Å². The molecule has 0 aromatic heterocycles. The Morgan fingerprint density at radius 1 is 0.842 bits per heavy atom. The number of methoxy groups -OCH3 is 1. The van der Waals surface area contributed by atoms with E-state index in [4.69, 9.17) is 14.2 Å². The van der Waals surface area contributed by atoms with Crippen molar-refractivity contribution in [2.24, 2.45) is 5.92 Å². The zero-order valence-corrected chi connectivity index (χ0v) is 13.2. The van der Waals surface area contributed by atoms with Gasteiger partial charge in [-0.1, -0.05) is 26.7 Å². The molecular formula is C15H33NO3. The quantitative estimate of drug-likeness (QED) is 0.494. The van der Waals surface area contributed by atoms with Gasteiger partial charge in [-0.15, -0.1) is 0 Å². The number of rotatable bonds is 14. The summed E-state index contributed by atoms with van der Waals surface area (Å²) >= 11 is 0. The van der Waals surface area contributed by atoms with Crippen molar-refractivity contribution < 1.29 is 14.2 Å². The van der Waals surface area contributed by atoms with Crippen LogP contribution >= 0.6 is 0 Å². The molecule has 1 unspecified atom stereocenters. The van der Waals surface area contributed by atoms with E-state index in [1.807, 2.05) is 0 Å². The topological polar surface area (TPSA) is 39.7 Å². The van der Waals surface area contributed by atoms with Crippen LogP contribution in [0.25, 0.3) is 0 Å². The van der Waals surface area contributed by atoms with E-state index >= 15 is 0 Å². The fourth-order valence-corrected chi connectivity index (χ4v) is 1.78. The summed E-state index contributed by atoms with van der Waals surface area (Å²) in [5, 5.41) is 3.48. The first-order valence-electron chi connectivity index (χ1n) is 7.54. The van der Waals surface area contributed by atoms with Crippen LogP contribution < -0.4 is 5.32 Å². The maximum absolute atomic E-state index is 5.48. The second kappa shape index (κ2) is 14.3. The van der Waals surface area contributed by atoms with Gasteiger partial charge in [-0.2, -0.15) is 0 Å². The molecule has 0 fully saturated rings. The van der Waals surface area contributed by atoms with Gasteiger partial charge in [0.05, 0.1) is 33.0 Å². The summed E-state index contributed by atoms with van der Waals surface area (Å²) in [6.45, 7) is 11.1. The predicted molar refractivity (Wildman–Crippen MR) is 79.7 cm³/mol. The Balaban J connectivity index is 3.12. The van der Waals surface area contributed by atoms with Crippen molar-refractivity contribution >= 4 is 0 Å². The molecule has 0 bridgehead atoms. The Hall–Kier alpha value is -0.160. The van der Waals surface area contributed by atoms with Crippen LogP contribution in [-0.2, 0) is 14.2 Å². The van der Waals surface area contributed by atoms with Gasteiger partial charge in [0.15, 0.2) is 0 Å². The van der Waals surface area contributed by atoms with Crippen LogP contribution in [0.2, 0.25) is 0 Å². The first-order chi connectivity index (χ1) is 9.16. The van der Waals surface area contributed by atoms with Crippen molar-refractivity contribution in [3.63, 3.8) is 0 Å². The molecule has 0 aromatic carbocycles. The molecule has 4 heteroatoms. The molecule has 1 atom stereocenters. The van der Waals surface area contributed by atoms with Crippen LogP contribution in [-0.4, -0.2) is 52.7 Å². The molecule has 116 valence electrons. The molecule has 1 N–H and O–H groups in total. The third-order valence-corrected chi connectivity index (χ3v) is 2.96. The number of hydrogen-bond donors (Lipinski definition) is 1. The van der Waals surface area contributed by atoms with Crippen LogP contribution in [0.15, 0.2) is 0 Å². The Kier molecular flexibility index (Phi) is 14.1. The monoisotopic (exact) mass is 275 g/mol. The highest BCUT2D eigenvalue weighted by atomic mass is 16.5. The van der Waals surface area contributed by atoms with Gasteiger partial charge in [0.2, 0.25) is 0 Å². The summed E-state index contributed by atoms with van der Waals surface area (Å²) in [5.74, 6) is 0.814. The molecule has 0 amide bonds. The molecule has 0 heterocycles. The van der Waals surface area contributed by atoms with Gasteiger partial charge < -0.3 is 19.5 Å². The van der Waals surface area contributed by atoms with Gasteiger partial charge >= 0.3 is 0 Å². The van der Waals surface area contributed by atoms with Gasteiger partial charge in [0, 0.05) is 19.7 Å². The minimum atomic E-state index is 0.584. The SMILES string of the molecule is COCCOCCOCCNC(C)CCCC(C)C. The summed E-state index contributed by atoms with van der Waals surface area (Å²) in [4.78, 5) is 0. The van der Waals surface area contributed by atoms with E-state index in [-0.39, 0.29) is 0 Å². The second-order valence-electron chi connectivity index (χ2n) is 5.40. The first kappa shape index (κ1) is 18.8. The minimum Gasteiger partial charge on any atom is -0.382 e. The normalized spacial score (nSPS) is 13.1. The van der Waals surface area contributed by atoms with E-state index in [1.165, 1.54) is 19.3 Å². The average molecular weight is 275 g/mol. The zero-order chi connectivity index (χ0) is 14.3. The lowest BCUT2D eigenvalue weighted by Gasteiger charge is -2.14. The van der Waals surface area contributed by atoms with Crippen molar-refractivity contribution in [3.8, 4) is 0 Å². The van der Waals surface area contributed by atoms with Crippen molar-refractivity contribution in [2.75, 3.05) is 46.7 Å². The van der Waals surface area contributed by atoms with Crippen molar-refractivity contribution in [1.82, 2.24) is 5.32 Å². The highest BCUT2D eigenvalue weighted by Crippen LogP contribution is 2.07. The molecule has 0 aliphatic rings. The molecule has 0 aliphatic carbocycles. The summed E-state index contributed by atoms with van der Waals surface area (Å²) < 4.78 is 15.7. The fourth-order valence-electron chi connectivity index (χ4n) is 1.78. The average Bonchev–Trinajstić information content (AvgIpc) is 2.36. The number of ether oxygens (including phenoxy) is 3. The molecule has 0 saturated heterocycles. The molecule has 0 spiro atoms. The smallest absolute Gasteiger partial charge is 0.0701 e. The number of nitrogens with one attached hydrogen (secondary N) is 1. The minimum absolute atomic E-state index is 0.584. The van der Waals surface area contributed by atoms with Gasteiger partial charge in [-0.05, 0) is 19.3 Å². The predicted octanol–water partition coefficient (Wildman–Crippen LogP) is 2.47. The van der Waals surface area contributed by atoms with Gasteiger partial charge in [-0.25, -0.2) is 0 Å². The maximum Gasteiger partial charge on any atom is 0.0701 e. The molecule has 0 radical (unpaired) electrons. The van der Waals surface area contributed by atoms with E-state index < -0.39 is 0 Å². The molecule has 0 aromatic rings.